The lowest BCUT2D eigenvalue weighted by molar-refractivity contribution is 0.414. The van der Waals surface area contributed by atoms with Gasteiger partial charge in [-0.05, 0) is 34.7 Å². The van der Waals surface area contributed by atoms with Crippen molar-refractivity contribution < 1.29 is 4.74 Å². The van der Waals surface area contributed by atoms with Gasteiger partial charge in [0.05, 0.1) is 15.7 Å². The van der Waals surface area contributed by atoms with Gasteiger partial charge in [-0.2, -0.15) is 10.5 Å². The van der Waals surface area contributed by atoms with E-state index < -0.39 is 0 Å². The summed E-state index contributed by atoms with van der Waals surface area (Å²) in [5, 5.41) is 20.5. The fraction of sp³-hybridized carbons (Fsp3) is 0.0909. The molecule has 0 saturated heterocycles. The Labute approximate surface area is 118 Å². The van der Waals surface area contributed by atoms with Gasteiger partial charge in [0.2, 0.25) is 0 Å². The van der Waals surface area contributed by atoms with E-state index in [9.17, 15) is 0 Å². The van der Waals surface area contributed by atoms with Crippen LogP contribution in [0.25, 0.3) is 0 Å². The summed E-state index contributed by atoms with van der Waals surface area (Å²) in [6.45, 7) is 0. The van der Waals surface area contributed by atoms with Gasteiger partial charge in [0, 0.05) is 6.20 Å². The van der Waals surface area contributed by atoms with Crippen LogP contribution in [0.3, 0.4) is 0 Å². The first kappa shape index (κ1) is 13.6. The van der Waals surface area contributed by atoms with Crippen molar-refractivity contribution in [2.24, 2.45) is 0 Å². The van der Waals surface area contributed by atoms with E-state index >= 15 is 0 Å². The zero-order valence-electron chi connectivity index (χ0n) is 8.79. The quantitative estimate of drug-likeness (QED) is 0.664. The van der Waals surface area contributed by atoms with Gasteiger partial charge in [0.1, 0.15) is 23.4 Å². The van der Waals surface area contributed by atoms with E-state index in [2.05, 4.69) is 27.9 Å². The standard InChI is InChI=1S/C11H7ClIN3O/c1-17-11-9(13)3-2-8(12)10(11)16-6-7(4-14)5-15/h2-3,6,16H,1H3. The smallest absolute Gasteiger partial charge is 0.157 e. The number of ether oxygens (including phenoxy) is 1. The minimum Gasteiger partial charge on any atom is -0.493 e. The SMILES string of the molecule is COc1c(I)ccc(Cl)c1NC=C(C#N)C#N. The highest BCUT2D eigenvalue weighted by Gasteiger charge is 2.10. The lowest BCUT2D eigenvalue weighted by Gasteiger charge is -2.11. The molecule has 0 bridgehead atoms. The summed E-state index contributed by atoms with van der Waals surface area (Å²) in [6.07, 6.45) is 1.29. The third-order valence-electron chi connectivity index (χ3n) is 1.86. The number of anilines is 1. The van der Waals surface area contributed by atoms with Gasteiger partial charge in [-0.1, -0.05) is 11.6 Å². The summed E-state index contributed by atoms with van der Waals surface area (Å²) >= 11 is 8.11. The maximum atomic E-state index is 8.61. The Hall–Kier alpha value is -1.44. The zero-order chi connectivity index (χ0) is 12.8. The Balaban J connectivity index is 3.16. The molecule has 4 nitrogen and oxygen atoms in total. The van der Waals surface area contributed by atoms with Crippen molar-refractivity contribution in [1.82, 2.24) is 0 Å². The van der Waals surface area contributed by atoms with Crippen LogP contribution in [0.4, 0.5) is 5.69 Å². The number of nitrogens with zero attached hydrogens (tertiary/aromatic N) is 2. The lowest BCUT2D eigenvalue weighted by atomic mass is 10.3. The van der Waals surface area contributed by atoms with E-state index in [-0.39, 0.29) is 5.57 Å². The molecule has 0 aromatic heterocycles. The number of methoxy groups -OCH3 is 1. The molecule has 0 amide bonds. The normalized spacial score (nSPS) is 8.76. The van der Waals surface area contributed by atoms with Gasteiger partial charge >= 0.3 is 0 Å². The monoisotopic (exact) mass is 359 g/mol. The number of halogens is 2. The second kappa shape index (κ2) is 6.33. The van der Waals surface area contributed by atoms with E-state index in [1.807, 2.05) is 6.07 Å². The minimum atomic E-state index is -0.0398. The Bertz CT molecular complexity index is 527. The number of nitriles is 2. The molecule has 0 unspecified atom stereocenters. The molecule has 0 atom stereocenters. The van der Waals surface area contributed by atoms with Crippen LogP contribution < -0.4 is 10.1 Å². The number of rotatable bonds is 3. The molecule has 0 aliphatic heterocycles. The molecule has 0 aliphatic rings. The molecule has 1 aromatic carbocycles. The van der Waals surface area contributed by atoms with Gasteiger partial charge in [-0.3, -0.25) is 0 Å². The minimum absolute atomic E-state index is 0.0398. The summed E-state index contributed by atoms with van der Waals surface area (Å²) in [5.41, 5.74) is 0.492. The second-order valence-corrected chi connectivity index (χ2v) is 4.43. The summed E-state index contributed by atoms with van der Waals surface area (Å²) in [5.74, 6) is 0.574. The number of benzene rings is 1. The molecule has 0 aliphatic carbocycles. The number of hydrogen-bond acceptors (Lipinski definition) is 4. The number of allylic oxidation sites excluding steroid dienone is 1. The first-order valence-corrected chi connectivity index (χ1v) is 5.88. The molecule has 0 heterocycles. The van der Waals surface area contributed by atoms with Crippen LogP contribution in [0.15, 0.2) is 23.9 Å². The zero-order valence-corrected chi connectivity index (χ0v) is 11.7. The van der Waals surface area contributed by atoms with Crippen molar-refractivity contribution in [3.63, 3.8) is 0 Å². The second-order valence-electron chi connectivity index (χ2n) is 2.86. The van der Waals surface area contributed by atoms with E-state index in [0.29, 0.717) is 16.5 Å². The van der Waals surface area contributed by atoms with E-state index in [4.69, 9.17) is 26.9 Å². The molecular weight excluding hydrogens is 352 g/mol. The van der Waals surface area contributed by atoms with Crippen LogP contribution in [0.5, 0.6) is 5.75 Å². The molecule has 0 radical (unpaired) electrons. The Morgan fingerprint density at radius 3 is 2.65 bits per heavy atom. The molecule has 0 fully saturated rings. The van der Waals surface area contributed by atoms with Gasteiger partial charge in [-0.15, -0.1) is 0 Å². The van der Waals surface area contributed by atoms with E-state index in [0.717, 1.165) is 3.57 Å². The van der Waals surface area contributed by atoms with Crippen LogP contribution in [-0.2, 0) is 0 Å². The highest BCUT2D eigenvalue weighted by Crippen LogP contribution is 2.36. The first-order chi connectivity index (χ1) is 8.13. The van der Waals surface area contributed by atoms with Gasteiger partial charge in [-0.25, -0.2) is 0 Å². The molecule has 1 rings (SSSR count). The molecule has 17 heavy (non-hydrogen) atoms. The van der Waals surface area contributed by atoms with Crippen LogP contribution >= 0.6 is 34.2 Å². The lowest BCUT2D eigenvalue weighted by Crippen LogP contribution is -1.97. The molecular formula is C11H7ClIN3O. The third-order valence-corrected chi connectivity index (χ3v) is 3.03. The van der Waals surface area contributed by atoms with Crippen molar-refractivity contribution in [2.75, 3.05) is 12.4 Å². The Kier molecular flexibility index (Phi) is 5.08. The fourth-order valence-electron chi connectivity index (χ4n) is 1.10. The number of hydrogen-bond donors (Lipinski definition) is 1. The summed E-state index contributed by atoms with van der Waals surface area (Å²) in [4.78, 5) is 0. The van der Waals surface area contributed by atoms with Gasteiger partial charge < -0.3 is 10.1 Å². The average molecular weight is 360 g/mol. The first-order valence-electron chi connectivity index (χ1n) is 4.43. The van der Waals surface area contributed by atoms with Gasteiger partial charge in [0.25, 0.3) is 0 Å². The van der Waals surface area contributed by atoms with Gasteiger partial charge in [0.15, 0.2) is 5.75 Å². The van der Waals surface area contributed by atoms with Crippen molar-refractivity contribution >= 4 is 39.9 Å². The highest BCUT2D eigenvalue weighted by molar-refractivity contribution is 14.1. The topological polar surface area (TPSA) is 68.8 Å². The van der Waals surface area contributed by atoms with Crippen molar-refractivity contribution in [2.45, 2.75) is 0 Å². The highest BCUT2D eigenvalue weighted by atomic mass is 127. The molecule has 1 aromatic rings. The molecule has 6 heteroatoms. The molecule has 1 N–H and O–H groups in total. The van der Waals surface area contributed by atoms with Crippen LogP contribution in [-0.4, -0.2) is 7.11 Å². The van der Waals surface area contributed by atoms with E-state index in [1.165, 1.54) is 13.3 Å². The van der Waals surface area contributed by atoms with Crippen LogP contribution in [0, 0.1) is 26.2 Å². The van der Waals surface area contributed by atoms with Crippen molar-refractivity contribution in [3.8, 4) is 17.9 Å². The predicted molar refractivity (Wildman–Crippen MR) is 73.7 cm³/mol. The number of nitrogens with one attached hydrogen (secondary N) is 1. The summed E-state index contributed by atoms with van der Waals surface area (Å²) < 4.78 is 6.08. The summed E-state index contributed by atoms with van der Waals surface area (Å²) in [6, 6.07) is 7.01. The molecule has 0 saturated carbocycles. The molecule has 0 spiro atoms. The van der Waals surface area contributed by atoms with Crippen LogP contribution in [0.2, 0.25) is 5.02 Å². The third kappa shape index (κ3) is 3.26. The fourth-order valence-corrected chi connectivity index (χ4v) is 1.97. The predicted octanol–water partition coefficient (Wildman–Crippen LogP) is 3.30. The molecule has 86 valence electrons. The largest absolute Gasteiger partial charge is 0.493 e. The average Bonchev–Trinajstić information content (AvgIpc) is 2.34. The van der Waals surface area contributed by atoms with E-state index in [1.54, 1.807) is 18.2 Å². The van der Waals surface area contributed by atoms with Crippen molar-refractivity contribution in [3.05, 3.63) is 32.5 Å². The Morgan fingerprint density at radius 1 is 1.47 bits per heavy atom. The van der Waals surface area contributed by atoms with Crippen molar-refractivity contribution in [1.29, 1.82) is 10.5 Å². The maximum absolute atomic E-state index is 8.61. The van der Waals surface area contributed by atoms with Crippen LogP contribution in [0.1, 0.15) is 0 Å². The maximum Gasteiger partial charge on any atom is 0.157 e. The Morgan fingerprint density at radius 2 is 2.12 bits per heavy atom. The summed E-state index contributed by atoms with van der Waals surface area (Å²) in [7, 11) is 1.53.